The van der Waals surface area contributed by atoms with Crippen molar-refractivity contribution in [3.63, 3.8) is 0 Å². The van der Waals surface area contributed by atoms with Crippen molar-refractivity contribution in [2.75, 3.05) is 38.7 Å². The molecule has 4 heterocycles. The van der Waals surface area contributed by atoms with Crippen LogP contribution in [0.25, 0.3) is 10.9 Å². The molecular weight excluding hydrogens is 338 g/mol. The van der Waals surface area contributed by atoms with Crippen LogP contribution in [0.3, 0.4) is 0 Å². The van der Waals surface area contributed by atoms with Crippen LogP contribution in [0, 0.1) is 0 Å². The van der Waals surface area contributed by atoms with Crippen LogP contribution >= 0.6 is 11.6 Å². The number of ether oxygens (including phenoxy) is 1. The predicted molar refractivity (Wildman–Crippen MR) is 100 cm³/mol. The third-order valence-electron chi connectivity index (χ3n) is 5.46. The topological polar surface area (TPSA) is 46.4 Å². The summed E-state index contributed by atoms with van der Waals surface area (Å²) in [5, 5.41) is 6.53. The second kappa shape index (κ2) is 7.09. The molecule has 1 unspecified atom stereocenters. The van der Waals surface area contributed by atoms with Crippen molar-refractivity contribution in [2.24, 2.45) is 0 Å². The summed E-state index contributed by atoms with van der Waals surface area (Å²) >= 11 is 6.17. The van der Waals surface area contributed by atoms with Crippen molar-refractivity contribution >= 4 is 28.3 Å². The van der Waals surface area contributed by atoms with Crippen LogP contribution in [0.15, 0.2) is 12.3 Å². The Kier molecular flexibility index (Phi) is 4.84. The zero-order chi connectivity index (χ0) is 17.4. The van der Waals surface area contributed by atoms with Gasteiger partial charge in [-0.15, -0.1) is 0 Å². The van der Waals surface area contributed by atoms with Gasteiger partial charge in [0.25, 0.3) is 0 Å². The lowest BCUT2D eigenvalue weighted by Crippen LogP contribution is -2.42. The highest BCUT2D eigenvalue weighted by molar-refractivity contribution is 6.30. The SMILES string of the molecule is CN(C)C1CCN(c2nn(C3CCCCO3)c3cc(Cl)ncc23)CC1. The maximum Gasteiger partial charge on any atom is 0.160 e. The molecule has 2 aliphatic heterocycles. The lowest BCUT2D eigenvalue weighted by Gasteiger charge is -2.35. The van der Waals surface area contributed by atoms with Crippen LogP contribution < -0.4 is 4.90 Å². The molecule has 0 aliphatic carbocycles. The predicted octanol–water partition coefficient (Wildman–Crippen LogP) is 3.31. The Hall–Kier alpha value is -1.37. The summed E-state index contributed by atoms with van der Waals surface area (Å²) in [5.74, 6) is 1.02. The third-order valence-corrected chi connectivity index (χ3v) is 5.67. The summed E-state index contributed by atoms with van der Waals surface area (Å²) in [4.78, 5) is 9.01. The number of nitrogens with zero attached hydrogens (tertiary/aromatic N) is 5. The maximum absolute atomic E-state index is 6.17. The molecule has 2 aliphatic rings. The number of anilines is 1. The minimum Gasteiger partial charge on any atom is -0.356 e. The number of pyridine rings is 1. The fourth-order valence-electron chi connectivity index (χ4n) is 3.96. The van der Waals surface area contributed by atoms with Crippen LogP contribution in [0.1, 0.15) is 38.3 Å². The fourth-order valence-corrected chi connectivity index (χ4v) is 4.11. The van der Waals surface area contributed by atoms with E-state index in [0.29, 0.717) is 11.2 Å². The van der Waals surface area contributed by atoms with E-state index in [1.165, 1.54) is 6.42 Å². The highest BCUT2D eigenvalue weighted by Crippen LogP contribution is 2.33. The molecule has 2 fully saturated rings. The average Bonchev–Trinajstić information content (AvgIpc) is 3.01. The molecule has 0 aromatic carbocycles. The number of piperidine rings is 1. The highest BCUT2D eigenvalue weighted by atomic mass is 35.5. The number of hydrogen-bond acceptors (Lipinski definition) is 5. The Bertz CT molecular complexity index is 732. The van der Waals surface area contributed by atoms with Gasteiger partial charge in [-0.3, -0.25) is 0 Å². The number of aromatic nitrogens is 3. The second-order valence-corrected chi connectivity index (χ2v) is 7.68. The Morgan fingerprint density at radius 1 is 1.20 bits per heavy atom. The molecule has 0 amide bonds. The van der Waals surface area contributed by atoms with Crippen LogP contribution in [-0.4, -0.2) is 59.5 Å². The summed E-state index contributed by atoms with van der Waals surface area (Å²) in [5.41, 5.74) is 1.02. The third kappa shape index (κ3) is 3.35. The molecule has 2 saturated heterocycles. The largest absolute Gasteiger partial charge is 0.356 e. The monoisotopic (exact) mass is 363 g/mol. The Morgan fingerprint density at radius 2 is 2.00 bits per heavy atom. The molecule has 0 radical (unpaired) electrons. The summed E-state index contributed by atoms with van der Waals surface area (Å²) < 4.78 is 8.00. The smallest absolute Gasteiger partial charge is 0.160 e. The minimum absolute atomic E-state index is 0.00257. The summed E-state index contributed by atoms with van der Waals surface area (Å²) in [6, 6.07) is 2.57. The van der Waals surface area contributed by atoms with E-state index in [2.05, 4.69) is 28.9 Å². The van der Waals surface area contributed by atoms with Gasteiger partial charge in [-0.05, 0) is 46.2 Å². The van der Waals surface area contributed by atoms with Gasteiger partial charge in [0.15, 0.2) is 12.0 Å². The van der Waals surface area contributed by atoms with Crippen molar-refractivity contribution in [3.05, 3.63) is 17.4 Å². The average molecular weight is 364 g/mol. The summed E-state index contributed by atoms with van der Waals surface area (Å²) in [6.45, 7) is 2.83. The molecule has 2 aromatic rings. The quantitative estimate of drug-likeness (QED) is 0.783. The summed E-state index contributed by atoms with van der Waals surface area (Å²) in [7, 11) is 4.33. The molecule has 136 valence electrons. The first kappa shape index (κ1) is 17.1. The van der Waals surface area contributed by atoms with Gasteiger partial charge in [-0.2, -0.15) is 5.10 Å². The standard InChI is InChI=1S/C18H26ClN5O/c1-22(2)13-6-8-23(9-7-13)18-14-12-20-16(19)11-15(14)24(21-18)17-5-3-4-10-25-17/h11-13,17H,3-10H2,1-2H3. The highest BCUT2D eigenvalue weighted by Gasteiger charge is 2.27. The van der Waals surface area contributed by atoms with Crippen LogP contribution in [0.4, 0.5) is 5.82 Å². The Morgan fingerprint density at radius 3 is 2.68 bits per heavy atom. The Balaban J connectivity index is 1.67. The van der Waals surface area contributed by atoms with Crippen molar-refractivity contribution in [1.82, 2.24) is 19.7 Å². The Labute approximate surface area is 153 Å². The second-order valence-electron chi connectivity index (χ2n) is 7.30. The van der Waals surface area contributed by atoms with Gasteiger partial charge in [0.05, 0.1) is 10.9 Å². The molecule has 7 heteroatoms. The first-order valence-electron chi connectivity index (χ1n) is 9.20. The number of fused-ring (bicyclic) bond motifs is 1. The molecular formula is C18H26ClN5O. The van der Waals surface area contributed by atoms with Gasteiger partial charge >= 0.3 is 0 Å². The van der Waals surface area contributed by atoms with E-state index in [0.717, 1.165) is 62.1 Å². The van der Waals surface area contributed by atoms with Gasteiger partial charge in [0.2, 0.25) is 0 Å². The van der Waals surface area contributed by atoms with E-state index in [4.69, 9.17) is 21.4 Å². The fraction of sp³-hybridized carbons (Fsp3) is 0.667. The summed E-state index contributed by atoms with van der Waals surface area (Å²) in [6.07, 6.45) is 7.47. The lowest BCUT2D eigenvalue weighted by molar-refractivity contribution is -0.0365. The molecule has 6 nitrogen and oxygen atoms in total. The van der Waals surface area contributed by atoms with E-state index < -0.39 is 0 Å². The first-order chi connectivity index (χ1) is 12.1. The van der Waals surface area contributed by atoms with E-state index in [9.17, 15) is 0 Å². The van der Waals surface area contributed by atoms with Gasteiger partial charge in [0.1, 0.15) is 5.15 Å². The molecule has 25 heavy (non-hydrogen) atoms. The zero-order valence-electron chi connectivity index (χ0n) is 15.0. The molecule has 0 bridgehead atoms. The first-order valence-corrected chi connectivity index (χ1v) is 9.58. The number of halogens is 1. The lowest BCUT2D eigenvalue weighted by atomic mass is 10.0. The van der Waals surface area contributed by atoms with E-state index in [1.54, 1.807) is 0 Å². The molecule has 0 saturated carbocycles. The molecule has 0 spiro atoms. The maximum atomic E-state index is 6.17. The van der Waals surface area contributed by atoms with Crippen molar-refractivity contribution in [3.8, 4) is 0 Å². The van der Waals surface area contributed by atoms with Crippen LogP contribution in [0.5, 0.6) is 0 Å². The van der Waals surface area contributed by atoms with Crippen LogP contribution in [0.2, 0.25) is 5.15 Å². The molecule has 1 atom stereocenters. The minimum atomic E-state index is 0.00257. The zero-order valence-corrected chi connectivity index (χ0v) is 15.7. The van der Waals surface area contributed by atoms with E-state index >= 15 is 0 Å². The van der Waals surface area contributed by atoms with Crippen molar-refractivity contribution in [2.45, 2.75) is 44.4 Å². The normalized spacial score (nSPS) is 22.9. The van der Waals surface area contributed by atoms with Gasteiger partial charge in [0, 0.05) is 38.0 Å². The number of rotatable bonds is 3. The van der Waals surface area contributed by atoms with E-state index in [-0.39, 0.29) is 6.23 Å². The van der Waals surface area contributed by atoms with Gasteiger partial charge in [-0.1, -0.05) is 11.6 Å². The van der Waals surface area contributed by atoms with Gasteiger partial charge in [-0.25, -0.2) is 9.67 Å². The molecule has 2 aromatic heterocycles. The van der Waals surface area contributed by atoms with Gasteiger partial charge < -0.3 is 14.5 Å². The van der Waals surface area contributed by atoms with Crippen molar-refractivity contribution < 1.29 is 4.74 Å². The molecule has 4 rings (SSSR count). The number of hydrogen-bond donors (Lipinski definition) is 0. The van der Waals surface area contributed by atoms with Crippen molar-refractivity contribution in [1.29, 1.82) is 0 Å². The van der Waals surface area contributed by atoms with E-state index in [1.807, 2.05) is 16.9 Å². The van der Waals surface area contributed by atoms with Crippen LogP contribution in [-0.2, 0) is 4.74 Å². The molecule has 0 N–H and O–H groups in total.